The van der Waals surface area contributed by atoms with E-state index in [0.717, 1.165) is 0 Å². The molecule has 1 heterocycles. The summed E-state index contributed by atoms with van der Waals surface area (Å²) in [5, 5.41) is 9.72. The summed E-state index contributed by atoms with van der Waals surface area (Å²) in [6.07, 6.45) is 0. The lowest BCUT2D eigenvalue weighted by Gasteiger charge is -2.09. The van der Waals surface area contributed by atoms with Gasteiger partial charge in [-0.2, -0.15) is 5.10 Å². The van der Waals surface area contributed by atoms with Gasteiger partial charge in [-0.1, -0.05) is 24.3 Å². The molecule has 138 valence electrons. The van der Waals surface area contributed by atoms with E-state index in [9.17, 15) is 14.4 Å². The van der Waals surface area contributed by atoms with Crippen molar-refractivity contribution >= 4 is 28.3 Å². The van der Waals surface area contributed by atoms with Crippen LogP contribution in [0.3, 0.4) is 0 Å². The summed E-state index contributed by atoms with van der Waals surface area (Å²) in [5.74, 6) is -0.555. The molecule has 3 rings (SSSR count). The van der Waals surface area contributed by atoms with Crippen LogP contribution in [0.15, 0.2) is 53.3 Å². The van der Waals surface area contributed by atoms with Crippen LogP contribution in [0.2, 0.25) is 0 Å². The summed E-state index contributed by atoms with van der Waals surface area (Å²) in [4.78, 5) is 35.8. The SMILES string of the molecule is CCOC(=O)COc1cccc(NC(=O)c2n[nH]c(=O)c3ccccc23)c1. The Bertz CT molecular complexity index is 1040. The van der Waals surface area contributed by atoms with Gasteiger partial charge in [0.2, 0.25) is 0 Å². The van der Waals surface area contributed by atoms with Gasteiger partial charge in [0, 0.05) is 17.1 Å². The first kappa shape index (κ1) is 18.1. The number of anilines is 1. The Morgan fingerprint density at radius 1 is 1.11 bits per heavy atom. The molecule has 2 aromatic carbocycles. The number of aromatic nitrogens is 2. The van der Waals surface area contributed by atoms with Crippen molar-refractivity contribution in [1.29, 1.82) is 0 Å². The first-order chi connectivity index (χ1) is 13.1. The maximum atomic E-state index is 12.6. The number of nitrogens with one attached hydrogen (secondary N) is 2. The number of hydrogen-bond donors (Lipinski definition) is 2. The molecule has 0 saturated carbocycles. The minimum absolute atomic E-state index is 0.100. The molecule has 1 aromatic heterocycles. The normalized spacial score (nSPS) is 10.4. The second-order valence-corrected chi connectivity index (χ2v) is 5.52. The standard InChI is InChI=1S/C19H17N3O5/c1-2-26-16(23)11-27-13-7-5-6-12(10-13)20-19(25)17-14-8-3-4-9-15(14)18(24)22-21-17/h3-10H,2,11H2,1H3,(H,20,25)(H,22,24). The molecule has 0 atom stereocenters. The van der Waals surface area contributed by atoms with Crippen LogP contribution in [0.4, 0.5) is 5.69 Å². The van der Waals surface area contributed by atoms with E-state index >= 15 is 0 Å². The molecule has 0 aliphatic rings. The summed E-state index contributed by atoms with van der Waals surface area (Å²) in [7, 11) is 0. The Labute approximate surface area is 154 Å². The number of ether oxygens (including phenoxy) is 2. The third kappa shape index (κ3) is 4.30. The van der Waals surface area contributed by atoms with Gasteiger partial charge < -0.3 is 14.8 Å². The van der Waals surface area contributed by atoms with E-state index in [4.69, 9.17) is 9.47 Å². The lowest BCUT2D eigenvalue weighted by Crippen LogP contribution is -2.19. The second-order valence-electron chi connectivity index (χ2n) is 5.52. The van der Waals surface area contributed by atoms with Crippen molar-refractivity contribution in [2.75, 3.05) is 18.5 Å². The van der Waals surface area contributed by atoms with Gasteiger partial charge >= 0.3 is 5.97 Å². The van der Waals surface area contributed by atoms with Gasteiger partial charge in [-0.3, -0.25) is 9.59 Å². The van der Waals surface area contributed by atoms with Gasteiger partial charge in [0.1, 0.15) is 5.75 Å². The Morgan fingerprint density at radius 3 is 2.67 bits per heavy atom. The van der Waals surface area contributed by atoms with E-state index in [0.29, 0.717) is 22.2 Å². The monoisotopic (exact) mass is 367 g/mol. The lowest BCUT2D eigenvalue weighted by atomic mass is 10.1. The molecule has 8 heteroatoms. The van der Waals surface area contributed by atoms with Crippen molar-refractivity contribution < 1.29 is 19.1 Å². The zero-order valence-corrected chi connectivity index (χ0v) is 14.5. The third-order valence-electron chi connectivity index (χ3n) is 3.67. The Morgan fingerprint density at radius 2 is 1.89 bits per heavy atom. The van der Waals surface area contributed by atoms with Crippen LogP contribution < -0.4 is 15.6 Å². The minimum Gasteiger partial charge on any atom is -0.482 e. The molecule has 0 spiro atoms. The molecule has 1 amide bonds. The number of hydrogen-bond acceptors (Lipinski definition) is 6. The summed E-state index contributed by atoms with van der Waals surface area (Å²) >= 11 is 0. The molecule has 0 radical (unpaired) electrons. The predicted molar refractivity (Wildman–Crippen MR) is 98.9 cm³/mol. The fourth-order valence-corrected chi connectivity index (χ4v) is 2.49. The maximum absolute atomic E-state index is 12.6. The average molecular weight is 367 g/mol. The molecular formula is C19H17N3O5. The molecule has 27 heavy (non-hydrogen) atoms. The van der Waals surface area contributed by atoms with Gasteiger partial charge in [-0.25, -0.2) is 9.89 Å². The van der Waals surface area contributed by atoms with Crippen LogP contribution >= 0.6 is 0 Å². The van der Waals surface area contributed by atoms with Gasteiger partial charge in [-0.15, -0.1) is 0 Å². The van der Waals surface area contributed by atoms with Crippen LogP contribution in [0.1, 0.15) is 17.4 Å². The number of carbonyl (C=O) groups is 2. The smallest absolute Gasteiger partial charge is 0.344 e. The van der Waals surface area contributed by atoms with Crippen LogP contribution in [-0.2, 0) is 9.53 Å². The fraction of sp³-hybridized carbons (Fsp3) is 0.158. The van der Waals surface area contributed by atoms with E-state index in [1.165, 1.54) is 0 Å². The Hall–Kier alpha value is -3.68. The molecule has 0 fully saturated rings. The van der Waals surface area contributed by atoms with Gasteiger partial charge in [0.05, 0.1) is 12.0 Å². The second kappa shape index (κ2) is 8.13. The largest absolute Gasteiger partial charge is 0.482 e. The predicted octanol–water partition coefficient (Wildman–Crippen LogP) is 2.12. The van der Waals surface area contributed by atoms with E-state index in [1.54, 1.807) is 55.5 Å². The first-order valence-electron chi connectivity index (χ1n) is 8.25. The molecule has 0 saturated heterocycles. The van der Waals surface area contributed by atoms with Crippen molar-refractivity contribution in [3.8, 4) is 5.75 Å². The molecule has 0 bridgehead atoms. The quantitative estimate of drug-likeness (QED) is 0.646. The highest BCUT2D eigenvalue weighted by Gasteiger charge is 2.14. The number of nitrogens with zero attached hydrogens (tertiary/aromatic N) is 1. The van der Waals surface area contributed by atoms with Gasteiger partial charge in [0.15, 0.2) is 12.3 Å². The number of H-pyrrole nitrogens is 1. The van der Waals surface area contributed by atoms with Crippen LogP contribution in [0, 0.1) is 0 Å². The number of amides is 1. The molecule has 2 N–H and O–H groups in total. The summed E-state index contributed by atoms with van der Waals surface area (Å²) in [5.41, 5.74) is 0.193. The van der Waals surface area contributed by atoms with Crippen molar-refractivity contribution in [3.05, 3.63) is 64.6 Å². The lowest BCUT2D eigenvalue weighted by molar-refractivity contribution is -0.145. The van der Waals surface area contributed by atoms with Crippen LogP contribution in [0.25, 0.3) is 10.8 Å². The number of aromatic amines is 1. The number of carbonyl (C=O) groups excluding carboxylic acids is 2. The van der Waals surface area contributed by atoms with E-state index in [-0.39, 0.29) is 24.5 Å². The van der Waals surface area contributed by atoms with E-state index in [1.807, 2.05) is 0 Å². The molecule has 3 aromatic rings. The summed E-state index contributed by atoms with van der Waals surface area (Å²) in [6.45, 7) is 1.76. The minimum atomic E-state index is -0.481. The van der Waals surface area contributed by atoms with E-state index < -0.39 is 11.9 Å². The summed E-state index contributed by atoms with van der Waals surface area (Å²) in [6, 6.07) is 13.3. The van der Waals surface area contributed by atoms with Crippen molar-refractivity contribution in [3.63, 3.8) is 0 Å². The third-order valence-corrected chi connectivity index (χ3v) is 3.67. The first-order valence-corrected chi connectivity index (χ1v) is 8.25. The molecule has 8 nitrogen and oxygen atoms in total. The topological polar surface area (TPSA) is 110 Å². The maximum Gasteiger partial charge on any atom is 0.344 e. The molecule has 0 aliphatic heterocycles. The Balaban J connectivity index is 1.77. The van der Waals surface area contributed by atoms with Gasteiger partial charge in [-0.05, 0) is 25.1 Å². The van der Waals surface area contributed by atoms with Crippen molar-refractivity contribution in [2.45, 2.75) is 6.92 Å². The molecular weight excluding hydrogens is 350 g/mol. The van der Waals surface area contributed by atoms with Crippen LogP contribution in [0.5, 0.6) is 5.75 Å². The van der Waals surface area contributed by atoms with Crippen molar-refractivity contribution in [1.82, 2.24) is 10.2 Å². The average Bonchev–Trinajstić information content (AvgIpc) is 2.67. The highest BCUT2D eigenvalue weighted by atomic mass is 16.6. The molecule has 0 unspecified atom stereocenters. The van der Waals surface area contributed by atoms with Crippen molar-refractivity contribution in [2.24, 2.45) is 0 Å². The van der Waals surface area contributed by atoms with Crippen LogP contribution in [-0.4, -0.2) is 35.3 Å². The Kier molecular flexibility index (Phi) is 5.46. The van der Waals surface area contributed by atoms with Gasteiger partial charge in [0.25, 0.3) is 11.5 Å². The number of esters is 1. The number of fused-ring (bicyclic) bond motifs is 1. The zero-order chi connectivity index (χ0) is 19.2. The number of rotatable bonds is 6. The highest BCUT2D eigenvalue weighted by Crippen LogP contribution is 2.19. The summed E-state index contributed by atoms with van der Waals surface area (Å²) < 4.78 is 10.1. The zero-order valence-electron chi connectivity index (χ0n) is 14.5. The van der Waals surface area contributed by atoms with E-state index in [2.05, 4.69) is 15.5 Å². The highest BCUT2D eigenvalue weighted by molar-refractivity contribution is 6.11. The molecule has 0 aliphatic carbocycles. The number of benzene rings is 2. The fourth-order valence-electron chi connectivity index (χ4n) is 2.49.